The van der Waals surface area contributed by atoms with Gasteiger partial charge < -0.3 is 10.2 Å². The van der Waals surface area contributed by atoms with E-state index >= 15 is 0 Å². The van der Waals surface area contributed by atoms with Crippen molar-refractivity contribution in [3.63, 3.8) is 0 Å². The van der Waals surface area contributed by atoms with E-state index in [0.29, 0.717) is 11.7 Å². The molecule has 0 aliphatic carbocycles. The summed E-state index contributed by atoms with van der Waals surface area (Å²) in [6.45, 7) is 5.57. The third-order valence-corrected chi connectivity index (χ3v) is 1.21. The quantitative estimate of drug-likeness (QED) is 0.638. The lowest BCUT2D eigenvalue weighted by atomic mass is 10.3. The van der Waals surface area contributed by atoms with Gasteiger partial charge in [-0.3, -0.25) is 4.79 Å². The van der Waals surface area contributed by atoms with Gasteiger partial charge in [-0.15, -0.1) is 0 Å². The SMILES string of the molecule is CC(=O)/C(=C/N(C)C)NC(C)C. The zero-order chi connectivity index (χ0) is 9.72. The highest BCUT2D eigenvalue weighted by molar-refractivity contribution is 5.92. The van der Waals surface area contributed by atoms with Gasteiger partial charge >= 0.3 is 0 Å². The average molecular weight is 170 g/mol. The van der Waals surface area contributed by atoms with Gasteiger partial charge in [0.2, 0.25) is 0 Å². The number of hydrogen-bond donors (Lipinski definition) is 1. The highest BCUT2D eigenvalue weighted by Crippen LogP contribution is 1.95. The number of hydrogen-bond acceptors (Lipinski definition) is 3. The zero-order valence-electron chi connectivity index (χ0n) is 8.51. The van der Waals surface area contributed by atoms with Crippen LogP contribution in [0.15, 0.2) is 11.9 Å². The molecule has 0 amide bonds. The molecule has 0 atom stereocenters. The molecule has 12 heavy (non-hydrogen) atoms. The standard InChI is InChI=1S/C9H18N2O/c1-7(2)10-9(8(3)12)6-11(4)5/h6-7,10H,1-5H3/b9-6-. The smallest absolute Gasteiger partial charge is 0.177 e. The Kier molecular flexibility index (Phi) is 4.40. The maximum absolute atomic E-state index is 11.1. The van der Waals surface area contributed by atoms with Crippen molar-refractivity contribution in [1.29, 1.82) is 0 Å². The van der Waals surface area contributed by atoms with Crippen molar-refractivity contribution in [3.05, 3.63) is 11.9 Å². The van der Waals surface area contributed by atoms with Crippen molar-refractivity contribution < 1.29 is 4.79 Å². The molecule has 3 nitrogen and oxygen atoms in total. The number of nitrogens with one attached hydrogen (secondary N) is 1. The van der Waals surface area contributed by atoms with E-state index in [1.807, 2.05) is 32.8 Å². The summed E-state index contributed by atoms with van der Waals surface area (Å²) in [6, 6.07) is 0.292. The van der Waals surface area contributed by atoms with Crippen LogP contribution in [0.2, 0.25) is 0 Å². The maximum atomic E-state index is 11.1. The van der Waals surface area contributed by atoms with E-state index in [1.165, 1.54) is 0 Å². The van der Waals surface area contributed by atoms with E-state index in [2.05, 4.69) is 5.32 Å². The third-order valence-electron chi connectivity index (χ3n) is 1.21. The van der Waals surface area contributed by atoms with Crippen LogP contribution in [0, 0.1) is 0 Å². The predicted octanol–water partition coefficient (Wildman–Crippen LogP) is 0.976. The second-order valence-corrected chi connectivity index (χ2v) is 3.36. The molecule has 0 aromatic rings. The maximum Gasteiger partial charge on any atom is 0.177 e. The van der Waals surface area contributed by atoms with Gasteiger partial charge in [-0.05, 0) is 13.8 Å². The van der Waals surface area contributed by atoms with Gasteiger partial charge in [0.25, 0.3) is 0 Å². The fraction of sp³-hybridized carbons (Fsp3) is 0.667. The van der Waals surface area contributed by atoms with Gasteiger partial charge in [0.1, 0.15) is 0 Å². The Labute approximate surface area is 74.4 Å². The van der Waals surface area contributed by atoms with E-state index < -0.39 is 0 Å². The Hall–Kier alpha value is -0.990. The Morgan fingerprint density at radius 3 is 2.17 bits per heavy atom. The number of Topliss-reactive ketones (excluding diaryl/α,β-unsaturated/α-hetero) is 1. The van der Waals surface area contributed by atoms with Crippen LogP contribution in [0.5, 0.6) is 0 Å². The fourth-order valence-electron chi connectivity index (χ4n) is 0.799. The first-order chi connectivity index (χ1) is 5.43. The number of carbonyl (C=O) groups excluding carboxylic acids is 1. The molecule has 0 heterocycles. The molecule has 0 spiro atoms. The number of carbonyl (C=O) groups is 1. The topological polar surface area (TPSA) is 32.3 Å². The first-order valence-corrected chi connectivity index (χ1v) is 4.09. The van der Waals surface area contributed by atoms with Crippen molar-refractivity contribution in [1.82, 2.24) is 10.2 Å². The third kappa shape index (κ3) is 4.77. The van der Waals surface area contributed by atoms with Gasteiger partial charge in [-0.25, -0.2) is 0 Å². The minimum Gasteiger partial charge on any atom is -0.382 e. The van der Waals surface area contributed by atoms with Crippen LogP contribution in [0.1, 0.15) is 20.8 Å². The Morgan fingerprint density at radius 1 is 1.42 bits per heavy atom. The second-order valence-electron chi connectivity index (χ2n) is 3.36. The summed E-state index contributed by atoms with van der Waals surface area (Å²) >= 11 is 0. The van der Waals surface area contributed by atoms with Gasteiger partial charge in [0.05, 0.1) is 5.70 Å². The predicted molar refractivity (Wildman–Crippen MR) is 50.7 cm³/mol. The Balaban J connectivity index is 4.34. The molecule has 0 rings (SSSR count). The highest BCUT2D eigenvalue weighted by atomic mass is 16.1. The monoisotopic (exact) mass is 170 g/mol. The minimum atomic E-state index is 0.0670. The second kappa shape index (κ2) is 4.80. The van der Waals surface area contributed by atoms with Crippen LogP contribution in [0.4, 0.5) is 0 Å². The summed E-state index contributed by atoms with van der Waals surface area (Å²) in [5.41, 5.74) is 0.662. The zero-order valence-corrected chi connectivity index (χ0v) is 8.51. The van der Waals surface area contributed by atoms with E-state index in [0.717, 1.165) is 0 Å². The van der Waals surface area contributed by atoms with Crippen LogP contribution >= 0.6 is 0 Å². The van der Waals surface area contributed by atoms with Crippen LogP contribution in [0.3, 0.4) is 0 Å². The van der Waals surface area contributed by atoms with E-state index in [4.69, 9.17) is 0 Å². The molecule has 70 valence electrons. The molecular weight excluding hydrogens is 152 g/mol. The van der Waals surface area contributed by atoms with Crippen molar-refractivity contribution in [2.45, 2.75) is 26.8 Å². The van der Waals surface area contributed by atoms with Gasteiger partial charge in [0, 0.05) is 33.3 Å². The summed E-state index contributed by atoms with van der Waals surface area (Å²) in [7, 11) is 3.79. The largest absolute Gasteiger partial charge is 0.382 e. The summed E-state index contributed by atoms with van der Waals surface area (Å²) in [4.78, 5) is 12.9. The molecular formula is C9H18N2O. The van der Waals surface area contributed by atoms with Crippen LogP contribution in [-0.4, -0.2) is 30.8 Å². The van der Waals surface area contributed by atoms with E-state index in [9.17, 15) is 4.79 Å². The molecule has 0 radical (unpaired) electrons. The molecule has 0 saturated carbocycles. The average Bonchev–Trinajstić information content (AvgIpc) is 1.83. The van der Waals surface area contributed by atoms with Gasteiger partial charge in [0.15, 0.2) is 5.78 Å². The van der Waals surface area contributed by atoms with Crippen LogP contribution < -0.4 is 5.32 Å². The number of allylic oxidation sites excluding steroid dienone is 1. The lowest BCUT2D eigenvalue weighted by molar-refractivity contribution is -0.114. The summed E-state index contributed by atoms with van der Waals surface area (Å²) in [5.74, 6) is 0.0670. The van der Waals surface area contributed by atoms with Crippen molar-refractivity contribution in [2.24, 2.45) is 0 Å². The Bertz CT molecular complexity index is 183. The van der Waals surface area contributed by atoms with Crippen LogP contribution in [0.25, 0.3) is 0 Å². The first kappa shape index (κ1) is 11.0. The number of ketones is 1. The molecule has 0 saturated heterocycles. The summed E-state index contributed by atoms with van der Waals surface area (Å²) in [6.07, 6.45) is 1.79. The molecule has 0 aromatic carbocycles. The van der Waals surface area contributed by atoms with Crippen molar-refractivity contribution >= 4 is 5.78 Å². The molecule has 1 N–H and O–H groups in total. The molecule has 0 unspecified atom stereocenters. The van der Waals surface area contributed by atoms with Crippen molar-refractivity contribution in [3.8, 4) is 0 Å². The first-order valence-electron chi connectivity index (χ1n) is 4.09. The summed E-state index contributed by atoms with van der Waals surface area (Å²) < 4.78 is 0. The molecule has 0 aromatic heterocycles. The molecule has 0 aliphatic rings. The molecule has 0 bridgehead atoms. The van der Waals surface area contributed by atoms with Crippen LogP contribution in [-0.2, 0) is 4.79 Å². The lowest BCUT2D eigenvalue weighted by Crippen LogP contribution is -2.27. The lowest BCUT2D eigenvalue weighted by Gasteiger charge is -2.14. The molecule has 0 aliphatic heterocycles. The minimum absolute atomic E-state index is 0.0670. The molecule has 3 heteroatoms. The van der Waals surface area contributed by atoms with E-state index in [1.54, 1.807) is 13.1 Å². The highest BCUT2D eigenvalue weighted by Gasteiger charge is 2.04. The number of nitrogens with zero attached hydrogens (tertiary/aromatic N) is 1. The Morgan fingerprint density at radius 2 is 1.92 bits per heavy atom. The van der Waals surface area contributed by atoms with Gasteiger partial charge in [-0.2, -0.15) is 0 Å². The van der Waals surface area contributed by atoms with E-state index in [-0.39, 0.29) is 5.78 Å². The number of rotatable bonds is 4. The van der Waals surface area contributed by atoms with Gasteiger partial charge in [-0.1, -0.05) is 0 Å². The fourth-order valence-corrected chi connectivity index (χ4v) is 0.799. The summed E-state index contributed by atoms with van der Waals surface area (Å²) in [5, 5.41) is 3.08. The molecule has 0 fully saturated rings. The van der Waals surface area contributed by atoms with Crippen molar-refractivity contribution in [2.75, 3.05) is 14.1 Å². The normalized spacial score (nSPS) is 11.7.